The number of nitrogens with zero attached hydrogens (tertiary/aromatic N) is 4. The van der Waals surface area contributed by atoms with Gasteiger partial charge in [-0.15, -0.1) is 21.5 Å². The maximum atomic E-state index is 13.7. The van der Waals surface area contributed by atoms with Gasteiger partial charge in [0, 0.05) is 10.9 Å². The highest BCUT2D eigenvalue weighted by atomic mass is 32.1. The minimum atomic E-state index is -0.287. The van der Waals surface area contributed by atoms with Gasteiger partial charge in [-0.05, 0) is 24.3 Å². The van der Waals surface area contributed by atoms with Crippen molar-refractivity contribution in [3.8, 4) is 17.3 Å². The number of thiazole rings is 1. The lowest BCUT2D eigenvalue weighted by Gasteiger charge is -2.01. The van der Waals surface area contributed by atoms with Crippen LogP contribution in [0.2, 0.25) is 0 Å². The van der Waals surface area contributed by atoms with Gasteiger partial charge in [0.05, 0.1) is 12.2 Å². The largest absolute Gasteiger partial charge is 0.362 e. The van der Waals surface area contributed by atoms with Gasteiger partial charge in [-0.3, -0.25) is 0 Å². The van der Waals surface area contributed by atoms with Crippen molar-refractivity contribution in [2.24, 2.45) is 0 Å². The molecule has 1 N–H and O–H groups in total. The summed E-state index contributed by atoms with van der Waals surface area (Å²) in [6, 6.07) is 11.7. The van der Waals surface area contributed by atoms with E-state index >= 15 is 0 Å². The lowest BCUT2D eigenvalue weighted by molar-refractivity contribution is 0.631. The predicted octanol–water partition coefficient (Wildman–Crippen LogP) is 3.22. The number of nitriles is 1. The van der Waals surface area contributed by atoms with Gasteiger partial charge in [-0.1, -0.05) is 12.1 Å². The van der Waals surface area contributed by atoms with Crippen LogP contribution in [0.1, 0.15) is 10.7 Å². The summed E-state index contributed by atoms with van der Waals surface area (Å²) >= 11 is 1.44. The molecule has 0 saturated carbocycles. The molecule has 0 radical (unpaired) electrons. The highest BCUT2D eigenvalue weighted by molar-refractivity contribution is 7.09. The van der Waals surface area contributed by atoms with Gasteiger partial charge in [-0.2, -0.15) is 5.26 Å². The smallest absolute Gasteiger partial charge is 0.163 e. The first-order valence-electron chi connectivity index (χ1n) is 6.43. The molecule has 0 saturated heterocycles. The molecular weight excluding hydrogens is 301 g/mol. The second-order valence-electron chi connectivity index (χ2n) is 4.38. The van der Waals surface area contributed by atoms with Crippen LogP contribution in [0, 0.1) is 17.1 Å². The first-order chi connectivity index (χ1) is 10.8. The van der Waals surface area contributed by atoms with Crippen molar-refractivity contribution in [1.29, 1.82) is 5.26 Å². The van der Waals surface area contributed by atoms with E-state index in [0.717, 1.165) is 5.01 Å². The highest BCUT2D eigenvalue weighted by Gasteiger charge is 2.08. The van der Waals surface area contributed by atoms with E-state index in [0.29, 0.717) is 23.6 Å². The number of benzene rings is 1. The molecular formula is C15H10FN5S. The number of hydrogen-bond acceptors (Lipinski definition) is 6. The first-order valence-corrected chi connectivity index (χ1v) is 7.31. The van der Waals surface area contributed by atoms with Gasteiger partial charge < -0.3 is 5.32 Å². The Morgan fingerprint density at radius 3 is 2.77 bits per heavy atom. The Morgan fingerprint density at radius 1 is 1.18 bits per heavy atom. The summed E-state index contributed by atoms with van der Waals surface area (Å²) in [5, 5.41) is 22.0. The van der Waals surface area contributed by atoms with Gasteiger partial charge in [0.1, 0.15) is 22.7 Å². The Morgan fingerprint density at radius 2 is 2.05 bits per heavy atom. The molecule has 0 spiro atoms. The molecule has 0 aliphatic rings. The van der Waals surface area contributed by atoms with E-state index < -0.39 is 0 Å². The van der Waals surface area contributed by atoms with Crippen molar-refractivity contribution >= 4 is 17.2 Å². The van der Waals surface area contributed by atoms with Gasteiger partial charge >= 0.3 is 0 Å². The quantitative estimate of drug-likeness (QED) is 0.800. The van der Waals surface area contributed by atoms with Gasteiger partial charge in [0.25, 0.3) is 0 Å². The van der Waals surface area contributed by atoms with E-state index in [1.807, 2.05) is 11.4 Å². The third kappa shape index (κ3) is 3.07. The monoisotopic (exact) mass is 311 g/mol. The van der Waals surface area contributed by atoms with Crippen LogP contribution in [0.15, 0.2) is 41.8 Å². The van der Waals surface area contributed by atoms with E-state index in [-0.39, 0.29) is 11.5 Å². The molecule has 0 fully saturated rings. The van der Waals surface area contributed by atoms with E-state index in [9.17, 15) is 4.39 Å². The maximum Gasteiger partial charge on any atom is 0.163 e. The summed E-state index contributed by atoms with van der Waals surface area (Å²) in [6.45, 7) is 0.458. The molecule has 0 aliphatic heterocycles. The maximum absolute atomic E-state index is 13.7. The van der Waals surface area contributed by atoms with Crippen LogP contribution in [-0.4, -0.2) is 15.2 Å². The Labute approximate surface area is 130 Å². The first kappa shape index (κ1) is 14.1. The average molecular weight is 311 g/mol. The topological polar surface area (TPSA) is 74.5 Å². The van der Waals surface area contributed by atoms with Crippen LogP contribution in [0.4, 0.5) is 10.2 Å². The van der Waals surface area contributed by atoms with Crippen LogP contribution in [0.5, 0.6) is 0 Å². The molecule has 0 amide bonds. The second-order valence-corrected chi connectivity index (χ2v) is 5.32. The highest BCUT2D eigenvalue weighted by Crippen LogP contribution is 2.24. The second kappa shape index (κ2) is 6.28. The zero-order valence-electron chi connectivity index (χ0n) is 11.3. The Hall–Kier alpha value is -2.85. The van der Waals surface area contributed by atoms with Crippen molar-refractivity contribution in [3.05, 3.63) is 58.3 Å². The molecule has 0 atom stereocenters. The van der Waals surface area contributed by atoms with Crippen LogP contribution in [-0.2, 0) is 6.54 Å². The third-order valence-corrected chi connectivity index (χ3v) is 3.75. The van der Waals surface area contributed by atoms with Crippen LogP contribution in [0.3, 0.4) is 0 Å². The summed E-state index contributed by atoms with van der Waals surface area (Å²) in [7, 11) is 0. The van der Waals surface area contributed by atoms with Crippen molar-refractivity contribution in [3.63, 3.8) is 0 Å². The lowest BCUT2D eigenvalue weighted by atomic mass is 10.2. The predicted molar refractivity (Wildman–Crippen MR) is 81.6 cm³/mol. The Balaban J connectivity index is 1.69. The summed E-state index contributed by atoms with van der Waals surface area (Å²) in [5.41, 5.74) is 1.37. The number of anilines is 1. The normalized spacial score (nSPS) is 10.2. The van der Waals surface area contributed by atoms with E-state index in [1.54, 1.807) is 30.3 Å². The van der Waals surface area contributed by atoms with Crippen molar-refractivity contribution in [1.82, 2.24) is 15.2 Å². The van der Waals surface area contributed by atoms with Gasteiger partial charge in [0.15, 0.2) is 5.69 Å². The molecule has 0 aliphatic carbocycles. The standard InChI is InChI=1S/C15H10FN5S/c16-12-4-2-1-3-11(12)13-9-22-15(19-13)8-18-14-6-5-10(7-17)20-21-14/h1-6,9H,8H2,(H,18,21). The molecule has 1 aromatic carbocycles. The average Bonchev–Trinajstić information content (AvgIpc) is 3.02. The number of aromatic nitrogens is 3. The number of rotatable bonds is 4. The molecule has 7 heteroatoms. The summed E-state index contributed by atoms with van der Waals surface area (Å²) < 4.78 is 13.7. The molecule has 3 aromatic rings. The number of hydrogen-bond donors (Lipinski definition) is 1. The van der Waals surface area contributed by atoms with Gasteiger partial charge in [-0.25, -0.2) is 9.37 Å². The van der Waals surface area contributed by atoms with E-state index in [1.165, 1.54) is 17.4 Å². The van der Waals surface area contributed by atoms with E-state index in [4.69, 9.17) is 5.26 Å². The molecule has 3 rings (SSSR count). The molecule has 2 heterocycles. The fourth-order valence-electron chi connectivity index (χ4n) is 1.84. The molecule has 0 bridgehead atoms. The van der Waals surface area contributed by atoms with Crippen LogP contribution < -0.4 is 5.32 Å². The zero-order valence-corrected chi connectivity index (χ0v) is 12.1. The number of nitrogens with one attached hydrogen (secondary N) is 1. The van der Waals surface area contributed by atoms with Crippen molar-refractivity contribution in [2.45, 2.75) is 6.54 Å². The summed E-state index contributed by atoms with van der Waals surface area (Å²) in [4.78, 5) is 4.41. The minimum absolute atomic E-state index is 0.265. The molecule has 22 heavy (non-hydrogen) atoms. The van der Waals surface area contributed by atoms with Crippen LogP contribution in [0.25, 0.3) is 11.3 Å². The Kier molecular flexibility index (Phi) is 4.03. The molecule has 2 aromatic heterocycles. The molecule has 5 nitrogen and oxygen atoms in total. The molecule has 0 unspecified atom stereocenters. The van der Waals surface area contributed by atoms with E-state index in [2.05, 4.69) is 20.5 Å². The Bertz CT molecular complexity index is 822. The third-order valence-electron chi connectivity index (χ3n) is 2.90. The van der Waals surface area contributed by atoms with Crippen LogP contribution >= 0.6 is 11.3 Å². The SMILES string of the molecule is N#Cc1ccc(NCc2nc(-c3ccccc3F)cs2)nn1. The minimum Gasteiger partial charge on any atom is -0.362 e. The summed E-state index contributed by atoms with van der Waals surface area (Å²) in [5.74, 6) is 0.270. The zero-order chi connectivity index (χ0) is 15.4. The lowest BCUT2D eigenvalue weighted by Crippen LogP contribution is -2.02. The fourth-order valence-corrected chi connectivity index (χ4v) is 2.57. The van der Waals surface area contributed by atoms with Crippen molar-refractivity contribution in [2.75, 3.05) is 5.32 Å². The number of halogens is 1. The van der Waals surface area contributed by atoms with Crippen molar-refractivity contribution < 1.29 is 4.39 Å². The molecule has 108 valence electrons. The fraction of sp³-hybridized carbons (Fsp3) is 0.0667. The van der Waals surface area contributed by atoms with Gasteiger partial charge in [0.2, 0.25) is 0 Å². The summed E-state index contributed by atoms with van der Waals surface area (Å²) in [6.07, 6.45) is 0.